The summed E-state index contributed by atoms with van der Waals surface area (Å²) in [4.78, 5) is 25.1. The fourth-order valence-corrected chi connectivity index (χ4v) is 3.20. The van der Waals surface area contributed by atoms with E-state index in [9.17, 15) is 9.59 Å². The molecule has 1 atom stereocenters. The summed E-state index contributed by atoms with van der Waals surface area (Å²) < 4.78 is 22.1. The van der Waals surface area contributed by atoms with Gasteiger partial charge < -0.3 is 18.9 Å². The number of aromatic amines is 1. The number of carbonyl (C=O) groups excluding carboxylic acids is 2. The van der Waals surface area contributed by atoms with Crippen molar-refractivity contribution >= 4 is 11.8 Å². The Morgan fingerprint density at radius 3 is 2.55 bits per heavy atom. The molecule has 3 aromatic rings. The highest BCUT2D eigenvalue weighted by Crippen LogP contribution is 2.34. The molecule has 0 saturated carbocycles. The number of hydrogen-bond acceptors (Lipinski definition) is 7. The van der Waals surface area contributed by atoms with E-state index in [1.54, 1.807) is 49.4 Å². The van der Waals surface area contributed by atoms with Crippen molar-refractivity contribution in [3.8, 4) is 34.3 Å². The van der Waals surface area contributed by atoms with Crippen molar-refractivity contribution in [2.75, 3.05) is 19.8 Å². The second-order valence-corrected chi connectivity index (χ2v) is 7.12. The molecule has 10 nitrogen and oxygen atoms in total. The molecule has 0 radical (unpaired) electrons. The van der Waals surface area contributed by atoms with Crippen LogP contribution in [0.2, 0.25) is 0 Å². The molecule has 0 bridgehead atoms. The van der Waals surface area contributed by atoms with Crippen molar-refractivity contribution in [3.63, 3.8) is 0 Å². The quantitative estimate of drug-likeness (QED) is 0.471. The normalized spacial score (nSPS) is 13.0. The van der Waals surface area contributed by atoms with Crippen LogP contribution in [0.15, 0.2) is 48.7 Å². The number of H-pyrrole nitrogens is 1. The SMILES string of the molecule is CCOc1ccc(OC(C)C(=O)NNC(=O)c2cn[nH]c2-c2ccc3c(c2)OCCO3)cc1. The largest absolute Gasteiger partial charge is 0.494 e. The summed E-state index contributed by atoms with van der Waals surface area (Å²) in [7, 11) is 0. The third kappa shape index (κ3) is 5.17. The van der Waals surface area contributed by atoms with Gasteiger partial charge in [-0.15, -0.1) is 0 Å². The minimum Gasteiger partial charge on any atom is -0.494 e. The summed E-state index contributed by atoms with van der Waals surface area (Å²) in [6.45, 7) is 4.98. The van der Waals surface area contributed by atoms with Crippen molar-refractivity contribution in [2.45, 2.75) is 20.0 Å². The molecule has 0 aliphatic carbocycles. The molecule has 1 aliphatic heterocycles. The van der Waals surface area contributed by atoms with E-state index in [-0.39, 0.29) is 5.56 Å². The number of hydrazine groups is 1. The number of rotatable bonds is 7. The first-order valence-corrected chi connectivity index (χ1v) is 10.5. The van der Waals surface area contributed by atoms with E-state index in [0.717, 1.165) is 0 Å². The van der Waals surface area contributed by atoms with Gasteiger partial charge >= 0.3 is 0 Å². The Balaban J connectivity index is 1.35. The van der Waals surface area contributed by atoms with Crippen molar-refractivity contribution in [1.29, 1.82) is 0 Å². The van der Waals surface area contributed by atoms with Gasteiger partial charge in [-0.25, -0.2) is 0 Å². The standard InChI is InChI=1S/C23H24N4O6/c1-3-30-16-5-7-17(8-6-16)33-14(2)22(28)26-27-23(29)18-13-24-25-21(18)15-4-9-19-20(12-15)32-11-10-31-19/h4-9,12-14H,3,10-11H2,1-2H3,(H,24,25)(H,26,28)(H,27,29). The second kappa shape index (κ2) is 9.94. The summed E-state index contributed by atoms with van der Waals surface area (Å²) in [5.74, 6) is 1.40. The maximum atomic E-state index is 12.7. The Bertz CT molecular complexity index is 1130. The van der Waals surface area contributed by atoms with Crippen LogP contribution in [0.3, 0.4) is 0 Å². The van der Waals surface area contributed by atoms with Gasteiger partial charge in [0.2, 0.25) is 0 Å². The molecule has 2 aromatic carbocycles. The van der Waals surface area contributed by atoms with Gasteiger partial charge in [-0.3, -0.25) is 25.5 Å². The van der Waals surface area contributed by atoms with E-state index in [1.165, 1.54) is 6.20 Å². The molecule has 0 saturated heterocycles. The average Bonchev–Trinajstić information content (AvgIpc) is 3.33. The van der Waals surface area contributed by atoms with Crippen LogP contribution in [0.1, 0.15) is 24.2 Å². The lowest BCUT2D eigenvalue weighted by Gasteiger charge is -2.19. The van der Waals surface area contributed by atoms with E-state index in [2.05, 4.69) is 21.0 Å². The third-order valence-electron chi connectivity index (χ3n) is 4.83. The van der Waals surface area contributed by atoms with Gasteiger partial charge in [0.1, 0.15) is 24.7 Å². The molecule has 4 rings (SSSR count). The monoisotopic (exact) mass is 452 g/mol. The topological polar surface area (TPSA) is 124 Å². The molecule has 10 heteroatoms. The van der Waals surface area contributed by atoms with Crippen molar-refractivity contribution < 1.29 is 28.5 Å². The summed E-state index contributed by atoms with van der Waals surface area (Å²) in [5, 5.41) is 6.78. The van der Waals surface area contributed by atoms with Crippen molar-refractivity contribution in [2.24, 2.45) is 0 Å². The predicted molar refractivity (Wildman–Crippen MR) is 118 cm³/mol. The molecule has 3 N–H and O–H groups in total. The molecular formula is C23H24N4O6. The third-order valence-corrected chi connectivity index (χ3v) is 4.83. The maximum absolute atomic E-state index is 12.7. The zero-order valence-corrected chi connectivity index (χ0v) is 18.2. The average molecular weight is 452 g/mol. The van der Waals surface area contributed by atoms with E-state index >= 15 is 0 Å². The summed E-state index contributed by atoms with van der Waals surface area (Å²) >= 11 is 0. The number of aromatic nitrogens is 2. The molecule has 0 spiro atoms. The highest BCUT2D eigenvalue weighted by Gasteiger charge is 2.20. The van der Waals surface area contributed by atoms with Gasteiger partial charge in [-0.1, -0.05) is 0 Å². The van der Waals surface area contributed by atoms with Crippen LogP contribution < -0.4 is 29.8 Å². The number of nitrogens with one attached hydrogen (secondary N) is 3. The minimum atomic E-state index is -0.843. The Hall–Kier alpha value is -4.21. The highest BCUT2D eigenvalue weighted by atomic mass is 16.6. The lowest BCUT2D eigenvalue weighted by Crippen LogP contribution is -2.47. The molecule has 1 aromatic heterocycles. The lowest BCUT2D eigenvalue weighted by atomic mass is 10.1. The summed E-state index contributed by atoms with van der Waals surface area (Å²) in [6, 6.07) is 12.3. The molecule has 0 fully saturated rings. The van der Waals surface area contributed by atoms with E-state index in [4.69, 9.17) is 18.9 Å². The number of fused-ring (bicyclic) bond motifs is 1. The van der Waals surface area contributed by atoms with Crippen LogP contribution in [0, 0.1) is 0 Å². The Labute approximate surface area is 190 Å². The van der Waals surface area contributed by atoms with Crippen molar-refractivity contribution in [1.82, 2.24) is 21.0 Å². The molecule has 33 heavy (non-hydrogen) atoms. The molecule has 1 unspecified atom stereocenters. The van der Waals surface area contributed by atoms with Crippen LogP contribution in [0.25, 0.3) is 11.3 Å². The number of ether oxygens (including phenoxy) is 4. The zero-order chi connectivity index (χ0) is 23.2. The van der Waals surface area contributed by atoms with Crippen LogP contribution in [0.4, 0.5) is 0 Å². The first kappa shape index (κ1) is 22.0. The van der Waals surface area contributed by atoms with Crippen molar-refractivity contribution in [3.05, 3.63) is 54.2 Å². The maximum Gasteiger partial charge on any atom is 0.279 e. The summed E-state index contributed by atoms with van der Waals surface area (Å²) in [5.41, 5.74) is 6.21. The Kier molecular flexibility index (Phi) is 6.63. The summed E-state index contributed by atoms with van der Waals surface area (Å²) in [6.07, 6.45) is 0.540. The van der Waals surface area contributed by atoms with Crippen LogP contribution in [-0.2, 0) is 4.79 Å². The van der Waals surface area contributed by atoms with Crippen LogP contribution in [0.5, 0.6) is 23.0 Å². The smallest absolute Gasteiger partial charge is 0.279 e. The van der Waals surface area contributed by atoms with Crippen LogP contribution in [-0.4, -0.2) is 47.9 Å². The first-order chi connectivity index (χ1) is 16.0. The van der Waals surface area contributed by atoms with E-state index < -0.39 is 17.9 Å². The second-order valence-electron chi connectivity index (χ2n) is 7.12. The van der Waals surface area contributed by atoms with Gasteiger partial charge in [-0.05, 0) is 56.3 Å². The van der Waals surface area contributed by atoms with E-state index in [1.807, 2.05) is 6.92 Å². The zero-order valence-electron chi connectivity index (χ0n) is 18.2. The highest BCUT2D eigenvalue weighted by molar-refractivity contribution is 6.00. The van der Waals surface area contributed by atoms with Gasteiger partial charge in [-0.2, -0.15) is 5.10 Å². The molecule has 172 valence electrons. The molecule has 2 heterocycles. The fourth-order valence-electron chi connectivity index (χ4n) is 3.20. The number of benzene rings is 2. The van der Waals surface area contributed by atoms with Gasteiger partial charge in [0, 0.05) is 5.56 Å². The molecular weight excluding hydrogens is 428 g/mol. The number of hydrogen-bond donors (Lipinski definition) is 3. The van der Waals surface area contributed by atoms with E-state index in [0.29, 0.717) is 54.1 Å². The fraction of sp³-hybridized carbons (Fsp3) is 0.261. The van der Waals surface area contributed by atoms with Gasteiger partial charge in [0.05, 0.1) is 24.1 Å². The minimum absolute atomic E-state index is 0.257. The van der Waals surface area contributed by atoms with Gasteiger partial charge in [0.15, 0.2) is 17.6 Å². The number of carbonyl (C=O) groups is 2. The molecule has 2 amide bonds. The Morgan fingerprint density at radius 1 is 1.06 bits per heavy atom. The molecule has 1 aliphatic rings. The Morgan fingerprint density at radius 2 is 1.79 bits per heavy atom. The number of amides is 2. The first-order valence-electron chi connectivity index (χ1n) is 10.5. The lowest BCUT2D eigenvalue weighted by molar-refractivity contribution is -0.128. The predicted octanol–water partition coefficient (Wildman–Crippen LogP) is 2.48. The number of nitrogens with zero attached hydrogens (tertiary/aromatic N) is 1. The van der Waals surface area contributed by atoms with Gasteiger partial charge in [0.25, 0.3) is 11.8 Å². The van der Waals surface area contributed by atoms with Crippen LogP contribution >= 0.6 is 0 Å².